The zero-order chi connectivity index (χ0) is 9.97. The summed E-state index contributed by atoms with van der Waals surface area (Å²) in [5.74, 6) is 0. The maximum absolute atomic E-state index is 2.24. The predicted octanol–water partition coefficient (Wildman–Crippen LogP) is 3.06. The minimum absolute atomic E-state index is 1.24. The van der Waals surface area contributed by atoms with E-state index in [0.717, 1.165) is 0 Å². The topological polar surface area (TPSA) is 3.88 Å². The number of thiazole rings is 1. The van der Waals surface area contributed by atoms with Gasteiger partial charge in [-0.1, -0.05) is 41.3 Å². The van der Waals surface area contributed by atoms with Crippen molar-refractivity contribution in [2.45, 2.75) is 11.9 Å². The van der Waals surface area contributed by atoms with Crippen LogP contribution in [0.4, 0.5) is 0 Å². The van der Waals surface area contributed by atoms with Crippen molar-refractivity contribution in [2.24, 2.45) is 0 Å². The Kier molecular flexibility index (Phi) is 2.89. The van der Waals surface area contributed by atoms with Gasteiger partial charge in [-0.25, -0.2) is 0 Å². The van der Waals surface area contributed by atoms with Crippen molar-refractivity contribution in [1.29, 1.82) is 0 Å². The van der Waals surface area contributed by atoms with Crippen molar-refractivity contribution < 1.29 is 4.57 Å². The highest BCUT2D eigenvalue weighted by molar-refractivity contribution is 7.98. The van der Waals surface area contributed by atoms with E-state index in [0.29, 0.717) is 0 Å². The summed E-state index contributed by atoms with van der Waals surface area (Å²) in [5, 5.41) is 1.33. The number of rotatable bonds is 2. The molecule has 0 spiro atoms. The van der Waals surface area contributed by atoms with E-state index in [-0.39, 0.29) is 0 Å². The van der Waals surface area contributed by atoms with Gasteiger partial charge < -0.3 is 0 Å². The Bertz CT molecular complexity index is 420. The highest BCUT2D eigenvalue weighted by Crippen LogP contribution is 2.21. The molecule has 0 saturated carbocycles. The van der Waals surface area contributed by atoms with Crippen LogP contribution >= 0.6 is 23.1 Å². The van der Waals surface area contributed by atoms with E-state index < -0.39 is 0 Å². The fraction of sp³-hybridized carbons (Fsp3) is 0.182. The Morgan fingerprint density at radius 2 is 1.93 bits per heavy atom. The Labute approximate surface area is 92.4 Å². The van der Waals surface area contributed by atoms with E-state index in [9.17, 15) is 0 Å². The Morgan fingerprint density at radius 3 is 2.57 bits per heavy atom. The third kappa shape index (κ3) is 1.70. The van der Waals surface area contributed by atoms with E-state index in [1.165, 1.54) is 15.6 Å². The summed E-state index contributed by atoms with van der Waals surface area (Å²) in [6.45, 7) is 2.16. The lowest BCUT2D eigenvalue weighted by Gasteiger charge is -1.94. The van der Waals surface area contributed by atoms with Gasteiger partial charge in [-0.2, -0.15) is 0 Å². The normalized spacial score (nSPS) is 10.4. The van der Waals surface area contributed by atoms with Crippen LogP contribution in [0.5, 0.6) is 0 Å². The van der Waals surface area contributed by atoms with Crippen molar-refractivity contribution in [2.75, 3.05) is 6.26 Å². The number of thioether (sulfide) groups is 1. The quantitative estimate of drug-likeness (QED) is 0.558. The summed E-state index contributed by atoms with van der Waals surface area (Å²) < 4.78 is 2.24. The molecule has 0 aliphatic rings. The monoisotopic (exact) mass is 222 g/mol. The van der Waals surface area contributed by atoms with E-state index >= 15 is 0 Å². The number of aromatic nitrogens is 1. The van der Waals surface area contributed by atoms with Crippen LogP contribution in [0.15, 0.2) is 40.9 Å². The van der Waals surface area contributed by atoms with E-state index in [1.807, 2.05) is 6.07 Å². The molecule has 0 unspecified atom stereocenters. The molecule has 14 heavy (non-hydrogen) atoms. The molecule has 3 heteroatoms. The van der Waals surface area contributed by atoms with E-state index in [1.54, 1.807) is 23.1 Å². The first-order chi connectivity index (χ1) is 6.83. The average Bonchev–Trinajstić information content (AvgIpc) is 2.61. The van der Waals surface area contributed by atoms with Crippen molar-refractivity contribution in [3.8, 4) is 5.69 Å². The molecule has 72 valence electrons. The van der Waals surface area contributed by atoms with Crippen LogP contribution in [0.3, 0.4) is 0 Å². The maximum Gasteiger partial charge on any atom is 0.259 e. The maximum atomic E-state index is 2.24. The molecule has 0 aliphatic carbocycles. The molecule has 2 aromatic rings. The van der Waals surface area contributed by atoms with Crippen LogP contribution < -0.4 is 4.57 Å². The summed E-state index contributed by atoms with van der Waals surface area (Å²) in [6, 6.07) is 10.4. The summed E-state index contributed by atoms with van der Waals surface area (Å²) in [6.07, 6.45) is 2.12. The third-order valence-electron chi connectivity index (χ3n) is 2.08. The van der Waals surface area contributed by atoms with Crippen molar-refractivity contribution in [1.82, 2.24) is 0 Å². The number of aryl methyl sites for hydroxylation is 1. The smallest absolute Gasteiger partial charge is 0.144 e. The standard InChI is InChI=1S/C11H12NS2/c1-9-11(13-2)12(8-14-9)10-6-4-3-5-7-10/h3-8H,1-2H3/q+1. The molecular weight excluding hydrogens is 210 g/mol. The summed E-state index contributed by atoms with van der Waals surface area (Å²) in [5.41, 5.74) is 3.40. The molecule has 0 amide bonds. The van der Waals surface area contributed by atoms with Crippen molar-refractivity contribution in [3.05, 3.63) is 40.7 Å². The average molecular weight is 222 g/mol. The lowest BCUT2D eigenvalue weighted by Crippen LogP contribution is -2.29. The van der Waals surface area contributed by atoms with Gasteiger partial charge in [0.05, 0.1) is 4.88 Å². The van der Waals surface area contributed by atoms with Gasteiger partial charge in [0.15, 0.2) is 0 Å². The van der Waals surface area contributed by atoms with E-state index in [4.69, 9.17) is 0 Å². The molecule has 2 rings (SSSR count). The molecule has 0 fully saturated rings. The molecule has 1 aromatic carbocycles. The van der Waals surface area contributed by atoms with Gasteiger partial charge in [-0.3, -0.25) is 0 Å². The van der Waals surface area contributed by atoms with Crippen LogP contribution in [0.25, 0.3) is 5.69 Å². The molecule has 0 aliphatic heterocycles. The first-order valence-electron chi connectivity index (χ1n) is 4.42. The summed E-state index contributed by atoms with van der Waals surface area (Å²) in [4.78, 5) is 1.38. The summed E-state index contributed by atoms with van der Waals surface area (Å²) >= 11 is 3.59. The van der Waals surface area contributed by atoms with Crippen LogP contribution in [-0.2, 0) is 0 Å². The second-order valence-electron chi connectivity index (χ2n) is 2.99. The van der Waals surface area contributed by atoms with Crippen LogP contribution in [0, 0.1) is 6.92 Å². The van der Waals surface area contributed by atoms with Gasteiger partial charge in [-0.15, -0.1) is 4.57 Å². The predicted molar refractivity (Wildman–Crippen MR) is 62.4 cm³/mol. The number of benzene rings is 1. The fourth-order valence-electron chi connectivity index (χ4n) is 1.41. The van der Waals surface area contributed by atoms with Gasteiger partial charge in [0.2, 0.25) is 11.2 Å². The minimum atomic E-state index is 1.24. The molecule has 0 bridgehead atoms. The number of para-hydroxylation sites is 1. The molecule has 1 heterocycles. The molecule has 0 atom stereocenters. The second kappa shape index (κ2) is 4.15. The van der Waals surface area contributed by atoms with Gasteiger partial charge in [0.25, 0.3) is 5.03 Å². The first kappa shape index (κ1) is 9.74. The Hall–Kier alpha value is -0.800. The number of hydrogen-bond donors (Lipinski definition) is 0. The molecule has 1 nitrogen and oxygen atoms in total. The largest absolute Gasteiger partial charge is 0.259 e. The zero-order valence-electron chi connectivity index (χ0n) is 8.23. The van der Waals surface area contributed by atoms with Gasteiger partial charge >= 0.3 is 0 Å². The Balaban J connectivity index is 2.52. The minimum Gasteiger partial charge on any atom is -0.144 e. The molecule has 0 radical (unpaired) electrons. The van der Waals surface area contributed by atoms with E-state index in [2.05, 4.69) is 47.5 Å². The van der Waals surface area contributed by atoms with Crippen molar-refractivity contribution in [3.63, 3.8) is 0 Å². The fourth-order valence-corrected chi connectivity index (χ4v) is 3.20. The van der Waals surface area contributed by atoms with Gasteiger partial charge in [0, 0.05) is 12.1 Å². The highest BCUT2D eigenvalue weighted by atomic mass is 32.2. The third-order valence-corrected chi connectivity index (χ3v) is 3.96. The van der Waals surface area contributed by atoms with Gasteiger partial charge in [0.1, 0.15) is 0 Å². The number of nitrogens with zero attached hydrogens (tertiary/aromatic N) is 1. The van der Waals surface area contributed by atoms with Gasteiger partial charge in [-0.05, 0) is 13.2 Å². The lowest BCUT2D eigenvalue weighted by molar-refractivity contribution is -0.630. The Morgan fingerprint density at radius 1 is 1.21 bits per heavy atom. The molecular formula is C11H12NS2+. The van der Waals surface area contributed by atoms with Crippen molar-refractivity contribution >= 4 is 23.1 Å². The van der Waals surface area contributed by atoms with Crippen LogP contribution in [-0.4, -0.2) is 6.26 Å². The number of hydrogen-bond acceptors (Lipinski definition) is 2. The van der Waals surface area contributed by atoms with Crippen LogP contribution in [0.2, 0.25) is 0 Å². The lowest BCUT2D eigenvalue weighted by atomic mass is 10.3. The molecule has 0 N–H and O–H groups in total. The highest BCUT2D eigenvalue weighted by Gasteiger charge is 2.17. The summed E-state index contributed by atoms with van der Waals surface area (Å²) in [7, 11) is 0. The zero-order valence-corrected chi connectivity index (χ0v) is 9.86. The second-order valence-corrected chi connectivity index (χ2v) is 4.85. The SMILES string of the molecule is CSc1c(C)sc[n+]1-c1ccccc1. The van der Waals surface area contributed by atoms with Crippen LogP contribution in [0.1, 0.15) is 4.88 Å². The molecule has 0 saturated heterocycles. The first-order valence-corrected chi connectivity index (χ1v) is 6.52. The molecule has 1 aromatic heterocycles.